The Balaban J connectivity index is 0. The Labute approximate surface area is 132 Å². The Kier molecular flexibility index (Phi) is 27.0. The number of hydrogen-bond acceptors (Lipinski definition) is 0. The van der Waals surface area contributed by atoms with Crippen LogP contribution in [0.3, 0.4) is 0 Å². The summed E-state index contributed by atoms with van der Waals surface area (Å²) < 4.78 is 0. The third-order valence-corrected chi connectivity index (χ3v) is 4.05. The molecule has 0 amide bonds. The van der Waals surface area contributed by atoms with Crippen LogP contribution in [0.4, 0.5) is 0 Å². The zero-order valence-electron chi connectivity index (χ0n) is 14.0. The molecular formula is C18H39Br. The van der Waals surface area contributed by atoms with Crippen LogP contribution < -0.4 is 0 Å². The van der Waals surface area contributed by atoms with Gasteiger partial charge in [-0.1, -0.05) is 120 Å². The van der Waals surface area contributed by atoms with Gasteiger partial charge in [-0.2, -0.15) is 0 Å². The molecule has 0 radical (unpaired) electrons. The van der Waals surface area contributed by atoms with E-state index in [0.29, 0.717) is 0 Å². The van der Waals surface area contributed by atoms with Gasteiger partial charge in [-0.15, -0.1) is 0 Å². The molecule has 0 unspecified atom stereocenters. The Morgan fingerprint density at radius 3 is 1.00 bits per heavy atom. The SMILES string of the molecule is CCCC.CCCCCCCCCCCCCCBr. The first-order valence-corrected chi connectivity index (χ1v) is 10.0. The van der Waals surface area contributed by atoms with Gasteiger partial charge in [0.15, 0.2) is 0 Å². The van der Waals surface area contributed by atoms with Crippen molar-refractivity contribution in [2.24, 2.45) is 0 Å². The molecule has 0 aliphatic rings. The molecule has 0 aliphatic carbocycles. The summed E-state index contributed by atoms with van der Waals surface area (Å²) in [4.78, 5) is 0. The van der Waals surface area contributed by atoms with E-state index in [2.05, 4.69) is 36.7 Å². The van der Waals surface area contributed by atoms with Gasteiger partial charge in [0, 0.05) is 5.33 Å². The Bertz CT molecular complexity index is 109. The van der Waals surface area contributed by atoms with Crippen LogP contribution >= 0.6 is 15.9 Å². The molecule has 0 atom stereocenters. The molecule has 0 bridgehead atoms. The van der Waals surface area contributed by atoms with E-state index in [1.165, 1.54) is 95.2 Å². The summed E-state index contributed by atoms with van der Waals surface area (Å²) in [6.45, 7) is 6.65. The largest absolute Gasteiger partial charge is 0.0928 e. The summed E-state index contributed by atoms with van der Waals surface area (Å²) in [6, 6.07) is 0. The van der Waals surface area contributed by atoms with Gasteiger partial charge >= 0.3 is 0 Å². The minimum atomic E-state index is 1.18. The maximum absolute atomic E-state index is 3.47. The number of halogens is 1. The summed E-state index contributed by atoms with van der Waals surface area (Å²) in [5.74, 6) is 0. The molecule has 0 saturated heterocycles. The van der Waals surface area contributed by atoms with Crippen LogP contribution in [-0.2, 0) is 0 Å². The molecule has 0 saturated carbocycles. The lowest BCUT2D eigenvalue weighted by atomic mass is 10.1. The van der Waals surface area contributed by atoms with Crippen LogP contribution in [0, 0.1) is 0 Å². The van der Waals surface area contributed by atoms with Crippen molar-refractivity contribution in [3.05, 3.63) is 0 Å². The highest BCUT2D eigenvalue weighted by molar-refractivity contribution is 9.09. The van der Waals surface area contributed by atoms with Gasteiger partial charge in [0.25, 0.3) is 0 Å². The van der Waals surface area contributed by atoms with Gasteiger partial charge in [-0.25, -0.2) is 0 Å². The quantitative estimate of drug-likeness (QED) is 0.237. The Hall–Kier alpha value is 0.480. The third-order valence-electron chi connectivity index (χ3n) is 3.49. The summed E-state index contributed by atoms with van der Waals surface area (Å²) >= 11 is 3.47. The van der Waals surface area contributed by atoms with Crippen molar-refractivity contribution in [1.82, 2.24) is 0 Å². The molecule has 0 aromatic heterocycles. The summed E-state index contributed by atoms with van der Waals surface area (Å²) in [7, 11) is 0. The van der Waals surface area contributed by atoms with Gasteiger partial charge in [-0.05, 0) is 6.42 Å². The maximum Gasteiger partial charge on any atom is 0.00313 e. The maximum atomic E-state index is 3.47. The van der Waals surface area contributed by atoms with E-state index in [9.17, 15) is 0 Å². The van der Waals surface area contributed by atoms with E-state index in [0.717, 1.165) is 0 Å². The summed E-state index contributed by atoms with van der Waals surface area (Å²) in [5.41, 5.74) is 0. The van der Waals surface area contributed by atoms with E-state index in [1.807, 2.05) is 0 Å². The molecule has 0 aliphatic heterocycles. The summed E-state index contributed by atoms with van der Waals surface area (Å²) in [6.07, 6.45) is 19.9. The molecule has 118 valence electrons. The number of hydrogen-bond donors (Lipinski definition) is 0. The fourth-order valence-corrected chi connectivity index (χ4v) is 2.33. The number of rotatable bonds is 13. The van der Waals surface area contributed by atoms with E-state index in [-0.39, 0.29) is 0 Å². The third kappa shape index (κ3) is 27.6. The lowest BCUT2D eigenvalue weighted by Gasteiger charge is -2.01. The molecule has 1 heteroatoms. The highest BCUT2D eigenvalue weighted by Gasteiger charge is 1.92. The van der Waals surface area contributed by atoms with Crippen LogP contribution in [0.5, 0.6) is 0 Å². The molecular weight excluding hydrogens is 296 g/mol. The molecule has 19 heavy (non-hydrogen) atoms. The Morgan fingerprint density at radius 2 is 0.737 bits per heavy atom. The van der Waals surface area contributed by atoms with Gasteiger partial charge in [0.2, 0.25) is 0 Å². The molecule has 0 rings (SSSR count). The van der Waals surface area contributed by atoms with Crippen LogP contribution in [0.1, 0.15) is 111 Å². The molecule has 0 aromatic carbocycles. The van der Waals surface area contributed by atoms with Crippen LogP contribution in [0.25, 0.3) is 0 Å². The molecule has 0 nitrogen and oxygen atoms in total. The Morgan fingerprint density at radius 1 is 0.421 bits per heavy atom. The molecule has 0 aromatic rings. The molecule has 0 N–H and O–H groups in total. The van der Waals surface area contributed by atoms with Gasteiger partial charge < -0.3 is 0 Å². The van der Waals surface area contributed by atoms with Crippen LogP contribution in [0.15, 0.2) is 0 Å². The van der Waals surface area contributed by atoms with E-state index in [1.54, 1.807) is 0 Å². The monoisotopic (exact) mass is 334 g/mol. The van der Waals surface area contributed by atoms with Crippen molar-refractivity contribution >= 4 is 15.9 Å². The normalized spacial score (nSPS) is 10.1. The topological polar surface area (TPSA) is 0 Å². The van der Waals surface area contributed by atoms with Crippen molar-refractivity contribution in [1.29, 1.82) is 0 Å². The van der Waals surface area contributed by atoms with Crippen molar-refractivity contribution in [3.8, 4) is 0 Å². The van der Waals surface area contributed by atoms with Crippen molar-refractivity contribution < 1.29 is 0 Å². The van der Waals surface area contributed by atoms with Crippen molar-refractivity contribution in [2.75, 3.05) is 5.33 Å². The lowest BCUT2D eigenvalue weighted by molar-refractivity contribution is 0.548. The molecule has 0 spiro atoms. The average molecular weight is 335 g/mol. The fraction of sp³-hybridized carbons (Fsp3) is 1.00. The zero-order chi connectivity index (χ0) is 14.6. The predicted octanol–water partition coefficient (Wildman–Crippen LogP) is 7.89. The second-order valence-electron chi connectivity index (χ2n) is 5.58. The molecule has 0 fully saturated rings. The van der Waals surface area contributed by atoms with Crippen LogP contribution in [0.2, 0.25) is 0 Å². The zero-order valence-corrected chi connectivity index (χ0v) is 15.6. The minimum Gasteiger partial charge on any atom is -0.0928 e. The standard InChI is InChI=1S/C14H29Br.C4H10/c1-2-3-4-5-6-7-8-9-10-11-12-13-14-15;1-3-4-2/h2-14H2,1H3;3-4H2,1-2H3. The first-order chi connectivity index (χ1) is 9.33. The van der Waals surface area contributed by atoms with Crippen molar-refractivity contribution in [2.45, 2.75) is 111 Å². The van der Waals surface area contributed by atoms with E-state index >= 15 is 0 Å². The van der Waals surface area contributed by atoms with Gasteiger partial charge in [-0.3, -0.25) is 0 Å². The highest BCUT2D eigenvalue weighted by Crippen LogP contribution is 2.11. The second kappa shape index (κ2) is 23.6. The first kappa shape index (κ1) is 21.8. The smallest absolute Gasteiger partial charge is 0.00313 e. The highest BCUT2D eigenvalue weighted by atomic mass is 79.9. The predicted molar refractivity (Wildman–Crippen MR) is 95.5 cm³/mol. The molecule has 0 heterocycles. The summed E-state index contributed by atoms with van der Waals surface area (Å²) in [5, 5.41) is 1.18. The van der Waals surface area contributed by atoms with Crippen molar-refractivity contribution in [3.63, 3.8) is 0 Å². The number of unbranched alkanes of at least 4 members (excludes halogenated alkanes) is 12. The second-order valence-corrected chi connectivity index (χ2v) is 6.37. The average Bonchev–Trinajstić information content (AvgIpc) is 2.45. The first-order valence-electron chi connectivity index (χ1n) is 8.89. The van der Waals surface area contributed by atoms with E-state index in [4.69, 9.17) is 0 Å². The van der Waals surface area contributed by atoms with Gasteiger partial charge in [0.1, 0.15) is 0 Å². The fourth-order valence-electron chi connectivity index (χ4n) is 1.94. The van der Waals surface area contributed by atoms with Crippen LogP contribution in [-0.4, -0.2) is 5.33 Å². The van der Waals surface area contributed by atoms with E-state index < -0.39 is 0 Å². The minimum absolute atomic E-state index is 1.18. The van der Waals surface area contributed by atoms with Gasteiger partial charge in [0.05, 0.1) is 0 Å². The lowest BCUT2D eigenvalue weighted by Crippen LogP contribution is -1.82. The number of alkyl halides is 1.